The summed E-state index contributed by atoms with van der Waals surface area (Å²) in [5.41, 5.74) is 6.69. The second kappa shape index (κ2) is 7.88. The number of hydrogen-bond donors (Lipinski definition) is 2. The van der Waals surface area contributed by atoms with Crippen LogP contribution in [0.15, 0.2) is 11.4 Å². The first kappa shape index (κ1) is 19.2. The summed E-state index contributed by atoms with van der Waals surface area (Å²) in [6.45, 7) is 7.73. The van der Waals surface area contributed by atoms with Gasteiger partial charge in [-0.3, -0.25) is 10.4 Å². The van der Waals surface area contributed by atoms with Crippen LogP contribution in [0.4, 0.5) is 0 Å². The molecule has 0 bridgehead atoms. The summed E-state index contributed by atoms with van der Waals surface area (Å²) in [7, 11) is 0. The third kappa shape index (κ3) is 3.05. The molecule has 5 saturated heterocycles. The molecule has 6 aliphatic heterocycles. The van der Waals surface area contributed by atoms with E-state index >= 15 is 0 Å². The highest BCUT2D eigenvalue weighted by atomic mass is 32.2. The Morgan fingerprint density at radius 1 is 0.931 bits per heavy atom. The Hall–Kier alpha value is -0.510. The van der Waals surface area contributed by atoms with Gasteiger partial charge in [0.1, 0.15) is 6.10 Å². The molecule has 29 heavy (non-hydrogen) atoms. The van der Waals surface area contributed by atoms with Crippen LogP contribution in [0.1, 0.15) is 51.4 Å². The molecule has 7 nitrogen and oxygen atoms in total. The van der Waals surface area contributed by atoms with Crippen molar-refractivity contribution in [3.05, 3.63) is 11.4 Å². The summed E-state index contributed by atoms with van der Waals surface area (Å²) in [5.74, 6) is 0.996. The molecule has 0 spiro atoms. The van der Waals surface area contributed by atoms with Crippen LogP contribution in [-0.2, 0) is 4.74 Å². The summed E-state index contributed by atoms with van der Waals surface area (Å²) in [6, 6.07) is 0. The van der Waals surface area contributed by atoms with Crippen molar-refractivity contribution in [3.8, 4) is 0 Å². The van der Waals surface area contributed by atoms with Crippen molar-refractivity contribution >= 4 is 11.8 Å². The van der Waals surface area contributed by atoms with E-state index in [4.69, 9.17) is 4.74 Å². The van der Waals surface area contributed by atoms with Gasteiger partial charge in [0.05, 0.1) is 11.4 Å². The van der Waals surface area contributed by atoms with Crippen LogP contribution in [0.3, 0.4) is 0 Å². The normalized spacial score (nSPS) is 39.7. The second-order valence-corrected chi connectivity index (χ2v) is 10.6. The van der Waals surface area contributed by atoms with Gasteiger partial charge in [-0.05, 0) is 57.1 Å². The van der Waals surface area contributed by atoms with E-state index in [0.717, 1.165) is 39.2 Å². The predicted molar refractivity (Wildman–Crippen MR) is 116 cm³/mol. The number of likely N-dealkylation sites (tertiary alicyclic amines) is 1. The van der Waals surface area contributed by atoms with Crippen molar-refractivity contribution < 1.29 is 4.74 Å². The van der Waals surface area contributed by atoms with Crippen LogP contribution >= 0.6 is 11.8 Å². The first-order valence-electron chi connectivity index (χ1n) is 11.9. The Kier molecular flexibility index (Phi) is 5.21. The van der Waals surface area contributed by atoms with Gasteiger partial charge < -0.3 is 10.1 Å². The minimum Gasteiger partial charge on any atom is -0.372 e. The highest BCUT2D eigenvalue weighted by Crippen LogP contribution is 2.46. The van der Waals surface area contributed by atoms with Gasteiger partial charge >= 0.3 is 0 Å². The quantitative estimate of drug-likeness (QED) is 0.697. The molecule has 162 valence electrons. The van der Waals surface area contributed by atoms with Crippen molar-refractivity contribution in [3.63, 3.8) is 0 Å². The summed E-state index contributed by atoms with van der Waals surface area (Å²) < 4.78 is 6.37. The Balaban J connectivity index is 1.47. The lowest BCUT2D eigenvalue weighted by molar-refractivity contribution is -0.255. The highest BCUT2D eigenvalue weighted by molar-refractivity contribution is 8.00. The van der Waals surface area contributed by atoms with Gasteiger partial charge in [-0.15, -0.1) is 0 Å². The van der Waals surface area contributed by atoms with E-state index in [-0.39, 0.29) is 12.0 Å². The molecular weight excluding hydrogens is 384 g/mol. The van der Waals surface area contributed by atoms with Crippen LogP contribution in [-0.4, -0.2) is 88.8 Å². The number of rotatable bonds is 5. The smallest absolute Gasteiger partial charge is 0.258 e. The van der Waals surface area contributed by atoms with Crippen LogP contribution in [0.2, 0.25) is 0 Å². The van der Waals surface area contributed by atoms with Crippen molar-refractivity contribution in [1.82, 2.24) is 30.7 Å². The lowest BCUT2D eigenvalue weighted by Gasteiger charge is -2.57. The van der Waals surface area contributed by atoms with Gasteiger partial charge in [0.2, 0.25) is 0 Å². The van der Waals surface area contributed by atoms with Crippen molar-refractivity contribution in [1.29, 1.82) is 0 Å². The van der Waals surface area contributed by atoms with Gasteiger partial charge in [0.15, 0.2) is 0 Å². The minimum absolute atomic E-state index is 0.241. The minimum atomic E-state index is -0.293. The zero-order valence-electron chi connectivity index (χ0n) is 17.6. The maximum atomic E-state index is 6.37. The summed E-state index contributed by atoms with van der Waals surface area (Å²) in [4.78, 5) is 2.67. The predicted octanol–water partition coefficient (Wildman–Crippen LogP) is 1.72. The fourth-order valence-electron chi connectivity index (χ4n) is 5.97. The van der Waals surface area contributed by atoms with Crippen molar-refractivity contribution in [2.24, 2.45) is 0 Å². The van der Waals surface area contributed by atoms with E-state index in [9.17, 15) is 0 Å². The van der Waals surface area contributed by atoms with Gasteiger partial charge in [-0.2, -0.15) is 16.8 Å². The lowest BCUT2D eigenvalue weighted by Crippen LogP contribution is -2.79. The van der Waals surface area contributed by atoms with E-state index in [1.54, 1.807) is 0 Å². The number of nitrogens with zero attached hydrogens (tertiary/aromatic N) is 4. The number of nitrogens with one attached hydrogen (secondary N) is 2. The number of hydrogen-bond acceptors (Lipinski definition) is 8. The van der Waals surface area contributed by atoms with Gasteiger partial charge in [-0.1, -0.05) is 0 Å². The average molecular weight is 421 g/mol. The van der Waals surface area contributed by atoms with E-state index in [1.807, 2.05) is 0 Å². The summed E-state index contributed by atoms with van der Waals surface area (Å²) in [5, 5.41) is 12.6. The fourth-order valence-corrected chi connectivity index (χ4v) is 7.27. The molecule has 0 aliphatic carbocycles. The first-order chi connectivity index (χ1) is 14.4. The van der Waals surface area contributed by atoms with Crippen molar-refractivity contribution in [2.45, 2.75) is 68.6 Å². The number of hydrazine groups is 2. The Labute approximate surface area is 179 Å². The van der Waals surface area contributed by atoms with E-state index in [1.165, 1.54) is 75.2 Å². The summed E-state index contributed by atoms with van der Waals surface area (Å²) >= 11 is 2.15. The van der Waals surface area contributed by atoms with Crippen molar-refractivity contribution in [2.75, 3.05) is 51.6 Å². The van der Waals surface area contributed by atoms with Crippen LogP contribution in [0, 0.1) is 0 Å². The third-order valence-corrected chi connectivity index (χ3v) is 8.89. The Morgan fingerprint density at radius 3 is 2.45 bits per heavy atom. The highest BCUT2D eigenvalue weighted by Gasteiger charge is 2.60. The standard InChI is InChI=1S/C21H36N6OS/c1-2-13-25(12-1)27-20(17-7-3-15-28-17)19(18-8-4-16-29-18)23-21(27,24-10-6-11-24)26-14-5-9-22-26/h17-18,22-23H,1-16H2. The molecule has 6 aliphatic rings. The fraction of sp³-hybridized carbons (Fsp3) is 0.905. The molecule has 0 aromatic heterocycles. The van der Waals surface area contributed by atoms with Crippen LogP contribution in [0.25, 0.3) is 0 Å². The maximum Gasteiger partial charge on any atom is 0.258 e. The Bertz CT molecular complexity index is 633. The molecule has 0 saturated carbocycles. The molecule has 0 radical (unpaired) electrons. The van der Waals surface area contributed by atoms with Crippen LogP contribution < -0.4 is 10.7 Å². The van der Waals surface area contributed by atoms with Gasteiger partial charge in [0, 0.05) is 51.1 Å². The molecule has 2 N–H and O–H groups in total. The van der Waals surface area contributed by atoms with E-state index < -0.39 is 0 Å². The molecular formula is C21H36N6OS. The van der Waals surface area contributed by atoms with Crippen LogP contribution in [0.5, 0.6) is 0 Å². The zero-order valence-corrected chi connectivity index (χ0v) is 18.4. The zero-order chi connectivity index (χ0) is 19.3. The lowest BCUT2D eigenvalue weighted by atomic mass is 10.1. The monoisotopic (exact) mass is 420 g/mol. The molecule has 3 unspecified atom stereocenters. The summed E-state index contributed by atoms with van der Waals surface area (Å²) in [6.07, 6.45) is 10.3. The molecule has 8 heteroatoms. The number of ether oxygens (including phenoxy) is 1. The first-order valence-corrected chi connectivity index (χ1v) is 13.0. The second-order valence-electron chi connectivity index (χ2n) is 9.29. The number of thioether (sulfide) groups is 1. The van der Waals surface area contributed by atoms with Gasteiger partial charge in [-0.25, -0.2) is 9.91 Å². The molecule has 6 rings (SSSR count). The average Bonchev–Trinajstić information content (AvgIpc) is 3.53. The van der Waals surface area contributed by atoms with Gasteiger partial charge in [0.25, 0.3) is 5.91 Å². The SMILES string of the molecule is C1COC(C2=C(C3CCCS3)NC(N3CCC3)(N3CCCN3)N2N2CCCC2)C1. The molecule has 3 atom stereocenters. The molecule has 0 amide bonds. The topological polar surface area (TPSA) is 46.3 Å². The third-order valence-electron chi connectivity index (χ3n) is 7.49. The largest absolute Gasteiger partial charge is 0.372 e. The molecule has 0 aromatic carbocycles. The maximum absolute atomic E-state index is 6.37. The van der Waals surface area contributed by atoms with E-state index in [2.05, 4.69) is 42.4 Å². The molecule has 5 fully saturated rings. The van der Waals surface area contributed by atoms with E-state index in [0.29, 0.717) is 5.25 Å². The molecule has 6 heterocycles. The Morgan fingerprint density at radius 2 is 1.83 bits per heavy atom. The molecule has 0 aromatic rings.